The Morgan fingerprint density at radius 3 is 2.95 bits per heavy atom. The molecule has 2 atom stereocenters. The number of rotatable bonds is 2. The maximum atomic E-state index is 12.9. The van der Waals surface area contributed by atoms with Crippen LogP contribution in [0, 0.1) is 0 Å². The third-order valence-corrected chi connectivity index (χ3v) is 4.21. The highest BCUT2D eigenvalue weighted by molar-refractivity contribution is 6.11. The van der Waals surface area contributed by atoms with Crippen molar-refractivity contribution >= 4 is 23.2 Å². The summed E-state index contributed by atoms with van der Waals surface area (Å²) in [6, 6.07) is 7.12. The maximum absolute atomic E-state index is 12.9. The van der Waals surface area contributed by atoms with Crippen molar-refractivity contribution in [3.8, 4) is 0 Å². The third kappa shape index (κ3) is 2.84. The molecule has 22 heavy (non-hydrogen) atoms. The van der Waals surface area contributed by atoms with Crippen LogP contribution in [0.15, 0.2) is 24.3 Å². The zero-order valence-corrected chi connectivity index (χ0v) is 12.9. The summed E-state index contributed by atoms with van der Waals surface area (Å²) in [5.41, 5.74) is 1.45. The van der Waals surface area contributed by atoms with E-state index in [1.165, 1.54) is 0 Å². The Kier molecular flexibility index (Phi) is 4.13. The molecular formula is C16H21N3O3. The molecular weight excluding hydrogens is 282 g/mol. The molecule has 1 aromatic carbocycles. The summed E-state index contributed by atoms with van der Waals surface area (Å²) in [7, 11) is 0. The van der Waals surface area contributed by atoms with Crippen LogP contribution in [0.25, 0.3) is 0 Å². The van der Waals surface area contributed by atoms with E-state index in [4.69, 9.17) is 4.74 Å². The van der Waals surface area contributed by atoms with Gasteiger partial charge in [-0.25, -0.2) is 0 Å². The van der Waals surface area contributed by atoms with Crippen LogP contribution in [0.2, 0.25) is 0 Å². The summed E-state index contributed by atoms with van der Waals surface area (Å²) in [4.78, 5) is 28.4. The molecule has 0 bridgehead atoms. The number of hydrogen-bond acceptors (Lipinski definition) is 4. The third-order valence-electron chi connectivity index (χ3n) is 4.21. The van der Waals surface area contributed by atoms with Crippen LogP contribution in [0.4, 0.5) is 11.4 Å². The van der Waals surface area contributed by atoms with Gasteiger partial charge in [-0.15, -0.1) is 0 Å². The van der Waals surface area contributed by atoms with Crippen LogP contribution in [-0.4, -0.2) is 55.1 Å². The summed E-state index contributed by atoms with van der Waals surface area (Å²) in [6.07, 6.45) is 0.126. The standard InChI is InChI=1S/C16H21N3O3/c1-11-9-18(7-8-22-11)12(2)16(21)19-10-15(20)17-13-5-3-4-6-14(13)19/h3-6,11-12H,7-10H2,1-2H3,(H,17,20). The van der Waals surface area contributed by atoms with Crippen LogP contribution >= 0.6 is 0 Å². The molecule has 3 rings (SSSR count). The average Bonchev–Trinajstić information content (AvgIpc) is 2.52. The Labute approximate surface area is 130 Å². The Morgan fingerprint density at radius 2 is 2.18 bits per heavy atom. The number of benzene rings is 1. The molecule has 1 N–H and O–H groups in total. The molecule has 2 unspecified atom stereocenters. The van der Waals surface area contributed by atoms with Crippen molar-refractivity contribution < 1.29 is 14.3 Å². The molecule has 0 saturated carbocycles. The van der Waals surface area contributed by atoms with E-state index in [2.05, 4.69) is 10.2 Å². The van der Waals surface area contributed by atoms with Gasteiger partial charge in [0.1, 0.15) is 6.54 Å². The first kappa shape index (κ1) is 15.0. The van der Waals surface area contributed by atoms with Crippen LogP contribution in [0.1, 0.15) is 13.8 Å². The highest BCUT2D eigenvalue weighted by atomic mass is 16.5. The SMILES string of the molecule is CC1CN(C(C)C(=O)N2CC(=O)Nc3ccccc32)CCO1. The Bertz CT molecular complexity index is 590. The van der Waals surface area contributed by atoms with Crippen LogP contribution in [-0.2, 0) is 14.3 Å². The van der Waals surface area contributed by atoms with Crippen molar-refractivity contribution in [1.82, 2.24) is 4.90 Å². The van der Waals surface area contributed by atoms with Crippen molar-refractivity contribution in [1.29, 1.82) is 0 Å². The topological polar surface area (TPSA) is 61.9 Å². The van der Waals surface area contributed by atoms with Gasteiger partial charge in [0.15, 0.2) is 0 Å². The molecule has 6 heteroatoms. The summed E-state index contributed by atoms with van der Waals surface area (Å²) < 4.78 is 5.53. The lowest BCUT2D eigenvalue weighted by Gasteiger charge is -2.38. The largest absolute Gasteiger partial charge is 0.376 e. The fourth-order valence-electron chi connectivity index (χ4n) is 3.01. The normalized spacial score (nSPS) is 23.6. The number of hydrogen-bond donors (Lipinski definition) is 1. The first-order chi connectivity index (χ1) is 10.6. The molecule has 0 spiro atoms. The predicted molar refractivity (Wildman–Crippen MR) is 83.9 cm³/mol. The van der Waals surface area contributed by atoms with Crippen molar-refractivity contribution in [2.24, 2.45) is 0 Å². The smallest absolute Gasteiger partial charge is 0.244 e. The summed E-state index contributed by atoms with van der Waals surface area (Å²) >= 11 is 0. The lowest BCUT2D eigenvalue weighted by atomic mass is 10.1. The Hall–Kier alpha value is -1.92. The number of nitrogens with zero attached hydrogens (tertiary/aromatic N) is 2. The number of ether oxygens (including phenoxy) is 1. The van der Waals surface area contributed by atoms with Crippen LogP contribution in [0.5, 0.6) is 0 Å². The lowest BCUT2D eigenvalue weighted by molar-refractivity contribution is -0.128. The Balaban J connectivity index is 1.81. The lowest BCUT2D eigenvalue weighted by Crippen LogP contribution is -2.54. The summed E-state index contributed by atoms with van der Waals surface area (Å²) in [5.74, 6) is -0.203. The number of carbonyl (C=O) groups is 2. The predicted octanol–water partition coefficient (Wildman–Crippen LogP) is 1.08. The zero-order chi connectivity index (χ0) is 15.7. The van der Waals surface area contributed by atoms with Gasteiger partial charge in [0.25, 0.3) is 0 Å². The van der Waals surface area contributed by atoms with Gasteiger partial charge in [-0.2, -0.15) is 0 Å². The molecule has 2 amide bonds. The number of carbonyl (C=O) groups excluding carboxylic acids is 2. The van der Waals surface area contributed by atoms with E-state index in [1.54, 1.807) is 4.90 Å². The number of fused-ring (bicyclic) bond motifs is 1. The van der Waals surface area contributed by atoms with E-state index >= 15 is 0 Å². The second-order valence-corrected chi connectivity index (χ2v) is 5.84. The Morgan fingerprint density at radius 1 is 1.41 bits per heavy atom. The molecule has 0 radical (unpaired) electrons. The number of para-hydroxylation sites is 2. The highest BCUT2D eigenvalue weighted by Gasteiger charge is 2.33. The molecule has 0 aliphatic carbocycles. The van der Waals surface area contributed by atoms with E-state index in [1.807, 2.05) is 38.1 Å². The molecule has 2 heterocycles. The summed E-state index contributed by atoms with van der Waals surface area (Å²) in [5, 5.41) is 2.80. The van der Waals surface area contributed by atoms with Gasteiger partial charge in [0, 0.05) is 13.1 Å². The fourth-order valence-corrected chi connectivity index (χ4v) is 3.01. The van der Waals surface area contributed by atoms with Crippen molar-refractivity contribution in [2.75, 3.05) is 36.5 Å². The van der Waals surface area contributed by atoms with Crippen LogP contribution in [0.3, 0.4) is 0 Å². The molecule has 0 aromatic heterocycles. The van der Waals surface area contributed by atoms with E-state index in [9.17, 15) is 9.59 Å². The monoisotopic (exact) mass is 303 g/mol. The van der Waals surface area contributed by atoms with Crippen LogP contribution < -0.4 is 10.2 Å². The van der Waals surface area contributed by atoms with Gasteiger partial charge in [-0.05, 0) is 26.0 Å². The maximum Gasteiger partial charge on any atom is 0.244 e. The van der Waals surface area contributed by atoms with Crippen molar-refractivity contribution in [3.63, 3.8) is 0 Å². The summed E-state index contributed by atoms with van der Waals surface area (Å²) in [6.45, 7) is 6.08. The van der Waals surface area contributed by atoms with Crippen molar-refractivity contribution in [2.45, 2.75) is 26.0 Å². The van der Waals surface area contributed by atoms with Gasteiger partial charge < -0.3 is 10.1 Å². The molecule has 1 fully saturated rings. The van der Waals surface area contributed by atoms with Crippen molar-refractivity contribution in [3.05, 3.63) is 24.3 Å². The molecule has 6 nitrogen and oxygen atoms in total. The van der Waals surface area contributed by atoms with Gasteiger partial charge in [-0.1, -0.05) is 12.1 Å². The molecule has 118 valence electrons. The van der Waals surface area contributed by atoms with Gasteiger partial charge in [0.2, 0.25) is 11.8 Å². The number of amides is 2. The molecule has 1 aromatic rings. The highest BCUT2D eigenvalue weighted by Crippen LogP contribution is 2.29. The quantitative estimate of drug-likeness (QED) is 0.888. The fraction of sp³-hybridized carbons (Fsp3) is 0.500. The second kappa shape index (κ2) is 6.06. The first-order valence-electron chi connectivity index (χ1n) is 7.62. The minimum Gasteiger partial charge on any atom is -0.376 e. The average molecular weight is 303 g/mol. The van der Waals surface area contributed by atoms with E-state index in [0.29, 0.717) is 12.3 Å². The molecule has 2 aliphatic rings. The van der Waals surface area contributed by atoms with Gasteiger partial charge >= 0.3 is 0 Å². The second-order valence-electron chi connectivity index (χ2n) is 5.84. The van der Waals surface area contributed by atoms with Gasteiger partial charge in [0.05, 0.1) is 30.1 Å². The molecule has 1 saturated heterocycles. The van der Waals surface area contributed by atoms with Gasteiger partial charge in [-0.3, -0.25) is 19.4 Å². The van der Waals surface area contributed by atoms with E-state index in [-0.39, 0.29) is 30.5 Å². The van der Waals surface area contributed by atoms with E-state index in [0.717, 1.165) is 18.8 Å². The zero-order valence-electron chi connectivity index (χ0n) is 12.9. The number of anilines is 2. The van der Waals surface area contributed by atoms with E-state index < -0.39 is 0 Å². The minimum atomic E-state index is -0.273. The number of nitrogens with one attached hydrogen (secondary N) is 1. The number of morpholine rings is 1. The minimum absolute atomic E-state index is 0.0450. The molecule has 2 aliphatic heterocycles. The first-order valence-corrected chi connectivity index (χ1v) is 7.62.